The van der Waals surface area contributed by atoms with E-state index in [0.717, 1.165) is 42.6 Å². The predicted molar refractivity (Wildman–Crippen MR) is 96.0 cm³/mol. The average Bonchev–Trinajstić information content (AvgIpc) is 2.67. The lowest BCUT2D eigenvalue weighted by Gasteiger charge is -2.25. The van der Waals surface area contributed by atoms with Gasteiger partial charge in [-0.2, -0.15) is 0 Å². The van der Waals surface area contributed by atoms with Gasteiger partial charge in [-0.05, 0) is 36.1 Å². The van der Waals surface area contributed by atoms with E-state index in [1.165, 1.54) is 6.42 Å². The van der Waals surface area contributed by atoms with Crippen LogP contribution in [0.25, 0.3) is 0 Å². The minimum Gasteiger partial charge on any atom is -0.497 e. The summed E-state index contributed by atoms with van der Waals surface area (Å²) in [5.41, 5.74) is 2.18. The van der Waals surface area contributed by atoms with Gasteiger partial charge in [0.15, 0.2) is 0 Å². The number of rotatable bonds is 5. The summed E-state index contributed by atoms with van der Waals surface area (Å²) < 4.78 is 5.24. The van der Waals surface area contributed by atoms with Gasteiger partial charge in [0.2, 0.25) is 5.91 Å². The minimum atomic E-state index is -0.119. The van der Waals surface area contributed by atoms with E-state index in [1.54, 1.807) is 7.11 Å². The quantitative estimate of drug-likeness (QED) is 0.881. The van der Waals surface area contributed by atoms with Crippen LogP contribution in [0.1, 0.15) is 49.3 Å². The van der Waals surface area contributed by atoms with Crippen molar-refractivity contribution >= 4 is 5.91 Å². The number of carbonyl (C=O) groups excluding carboxylic acids is 1. The highest BCUT2D eigenvalue weighted by molar-refractivity contribution is 5.79. The molecule has 0 saturated heterocycles. The van der Waals surface area contributed by atoms with E-state index in [1.807, 2.05) is 42.5 Å². The minimum absolute atomic E-state index is 0.119. The molecule has 1 N–H and O–H groups in total. The van der Waals surface area contributed by atoms with Crippen molar-refractivity contribution in [3.8, 4) is 5.75 Å². The fourth-order valence-corrected chi connectivity index (χ4v) is 3.43. The summed E-state index contributed by atoms with van der Waals surface area (Å²) in [6.07, 6.45) is 5.60. The van der Waals surface area contributed by atoms with Crippen molar-refractivity contribution in [2.45, 2.75) is 38.1 Å². The summed E-state index contributed by atoms with van der Waals surface area (Å²) in [5, 5.41) is 3.28. The first-order valence-electron chi connectivity index (χ1n) is 8.77. The third kappa shape index (κ3) is 3.97. The SMILES string of the molecule is COc1ccc([C@@H](NC(=O)C2CCCCC2)c2ccccc2)cc1. The zero-order valence-corrected chi connectivity index (χ0v) is 14.2. The Bertz CT molecular complexity index is 645. The lowest BCUT2D eigenvalue weighted by molar-refractivity contribution is -0.126. The lowest BCUT2D eigenvalue weighted by Crippen LogP contribution is -2.35. The molecule has 0 heterocycles. The van der Waals surface area contributed by atoms with Gasteiger partial charge in [0.25, 0.3) is 0 Å². The van der Waals surface area contributed by atoms with Gasteiger partial charge < -0.3 is 10.1 Å². The number of ether oxygens (including phenoxy) is 1. The molecular weight excluding hydrogens is 298 g/mol. The number of hydrogen-bond donors (Lipinski definition) is 1. The zero-order valence-electron chi connectivity index (χ0n) is 14.2. The van der Waals surface area contributed by atoms with Gasteiger partial charge in [0.05, 0.1) is 13.2 Å². The number of methoxy groups -OCH3 is 1. The summed E-state index contributed by atoms with van der Waals surface area (Å²) in [5.74, 6) is 1.16. The van der Waals surface area contributed by atoms with Gasteiger partial charge in [-0.25, -0.2) is 0 Å². The van der Waals surface area contributed by atoms with Crippen molar-refractivity contribution in [2.75, 3.05) is 7.11 Å². The van der Waals surface area contributed by atoms with E-state index in [-0.39, 0.29) is 17.9 Å². The largest absolute Gasteiger partial charge is 0.497 e. The van der Waals surface area contributed by atoms with E-state index in [4.69, 9.17) is 4.74 Å². The van der Waals surface area contributed by atoms with E-state index in [2.05, 4.69) is 17.4 Å². The molecule has 1 amide bonds. The van der Waals surface area contributed by atoms with E-state index in [9.17, 15) is 4.79 Å². The maximum atomic E-state index is 12.7. The Morgan fingerprint density at radius 2 is 1.58 bits per heavy atom. The molecule has 0 spiro atoms. The lowest BCUT2D eigenvalue weighted by atomic mass is 9.88. The maximum absolute atomic E-state index is 12.7. The predicted octanol–water partition coefficient (Wildman–Crippen LogP) is 4.48. The van der Waals surface area contributed by atoms with Crippen LogP contribution in [0.3, 0.4) is 0 Å². The van der Waals surface area contributed by atoms with Crippen LogP contribution in [0, 0.1) is 5.92 Å². The van der Waals surface area contributed by atoms with Crippen LogP contribution >= 0.6 is 0 Å². The molecule has 0 aromatic heterocycles. The Labute approximate surface area is 144 Å². The van der Waals surface area contributed by atoms with Crippen LogP contribution in [0.5, 0.6) is 5.75 Å². The summed E-state index contributed by atoms with van der Waals surface area (Å²) in [6, 6.07) is 18.0. The third-order valence-corrected chi connectivity index (χ3v) is 4.84. The first kappa shape index (κ1) is 16.6. The van der Waals surface area contributed by atoms with Crippen LogP contribution in [0.2, 0.25) is 0 Å². The molecule has 0 unspecified atom stereocenters. The third-order valence-electron chi connectivity index (χ3n) is 4.84. The summed E-state index contributed by atoms with van der Waals surface area (Å²) >= 11 is 0. The second-order valence-corrected chi connectivity index (χ2v) is 6.46. The Balaban J connectivity index is 1.83. The van der Waals surface area contributed by atoms with Crippen molar-refractivity contribution < 1.29 is 9.53 Å². The maximum Gasteiger partial charge on any atom is 0.223 e. The van der Waals surface area contributed by atoms with Crippen LogP contribution in [-0.2, 0) is 4.79 Å². The molecular formula is C21H25NO2. The van der Waals surface area contributed by atoms with Gasteiger partial charge in [-0.1, -0.05) is 61.7 Å². The standard InChI is InChI=1S/C21H25NO2/c1-24-19-14-12-17(13-15-19)20(16-8-4-2-5-9-16)22-21(23)18-10-6-3-7-11-18/h2,4-5,8-9,12-15,18,20H,3,6-7,10-11H2,1H3,(H,22,23)/t20-/m0/s1. The van der Waals surface area contributed by atoms with Gasteiger partial charge in [-0.15, -0.1) is 0 Å². The molecule has 1 fully saturated rings. The number of nitrogens with one attached hydrogen (secondary N) is 1. The molecule has 1 aliphatic rings. The number of benzene rings is 2. The Hall–Kier alpha value is -2.29. The molecule has 1 saturated carbocycles. The molecule has 0 bridgehead atoms. The fraction of sp³-hybridized carbons (Fsp3) is 0.381. The normalized spacial score (nSPS) is 16.4. The van der Waals surface area contributed by atoms with Crippen molar-refractivity contribution in [3.63, 3.8) is 0 Å². The number of hydrogen-bond acceptors (Lipinski definition) is 2. The molecule has 0 aliphatic heterocycles. The van der Waals surface area contributed by atoms with Crippen LogP contribution in [0.4, 0.5) is 0 Å². The highest BCUT2D eigenvalue weighted by atomic mass is 16.5. The van der Waals surface area contributed by atoms with Crippen molar-refractivity contribution in [3.05, 3.63) is 65.7 Å². The topological polar surface area (TPSA) is 38.3 Å². The summed E-state index contributed by atoms with van der Waals surface area (Å²) in [7, 11) is 1.66. The van der Waals surface area contributed by atoms with Crippen molar-refractivity contribution in [2.24, 2.45) is 5.92 Å². The van der Waals surface area contributed by atoms with Gasteiger partial charge >= 0.3 is 0 Å². The molecule has 2 aromatic carbocycles. The smallest absolute Gasteiger partial charge is 0.223 e. The van der Waals surface area contributed by atoms with Gasteiger partial charge in [0.1, 0.15) is 5.75 Å². The van der Waals surface area contributed by atoms with E-state index in [0.29, 0.717) is 0 Å². The van der Waals surface area contributed by atoms with Crippen LogP contribution < -0.4 is 10.1 Å². The second kappa shape index (κ2) is 8.00. The highest BCUT2D eigenvalue weighted by Gasteiger charge is 2.24. The Kier molecular flexibility index (Phi) is 5.52. The number of amides is 1. The van der Waals surface area contributed by atoms with Crippen molar-refractivity contribution in [1.82, 2.24) is 5.32 Å². The molecule has 3 nitrogen and oxygen atoms in total. The highest BCUT2D eigenvalue weighted by Crippen LogP contribution is 2.28. The van der Waals surface area contributed by atoms with Gasteiger partial charge in [-0.3, -0.25) is 4.79 Å². The van der Waals surface area contributed by atoms with E-state index < -0.39 is 0 Å². The Morgan fingerprint density at radius 3 is 2.21 bits per heavy atom. The molecule has 24 heavy (non-hydrogen) atoms. The molecule has 0 radical (unpaired) electrons. The molecule has 3 heteroatoms. The first-order chi connectivity index (χ1) is 11.8. The van der Waals surface area contributed by atoms with Gasteiger partial charge in [0, 0.05) is 5.92 Å². The molecule has 2 aromatic rings. The second-order valence-electron chi connectivity index (χ2n) is 6.46. The summed E-state index contributed by atoms with van der Waals surface area (Å²) in [6.45, 7) is 0. The number of carbonyl (C=O) groups is 1. The zero-order chi connectivity index (χ0) is 16.8. The molecule has 1 atom stereocenters. The van der Waals surface area contributed by atoms with Crippen molar-refractivity contribution in [1.29, 1.82) is 0 Å². The molecule has 1 aliphatic carbocycles. The average molecular weight is 323 g/mol. The fourth-order valence-electron chi connectivity index (χ4n) is 3.43. The Morgan fingerprint density at radius 1 is 0.958 bits per heavy atom. The summed E-state index contributed by atoms with van der Waals surface area (Å²) in [4.78, 5) is 12.7. The molecule has 3 rings (SSSR count). The van der Waals surface area contributed by atoms with Crippen LogP contribution in [-0.4, -0.2) is 13.0 Å². The monoisotopic (exact) mass is 323 g/mol. The molecule has 126 valence electrons. The van der Waals surface area contributed by atoms with E-state index >= 15 is 0 Å². The first-order valence-corrected chi connectivity index (χ1v) is 8.77. The van der Waals surface area contributed by atoms with Crippen LogP contribution in [0.15, 0.2) is 54.6 Å².